The van der Waals surface area contributed by atoms with Crippen molar-refractivity contribution in [3.63, 3.8) is 0 Å². The van der Waals surface area contributed by atoms with Gasteiger partial charge in [0, 0.05) is 13.0 Å². The molecule has 2 heteroatoms. The molecule has 0 heterocycles. The van der Waals surface area contributed by atoms with Gasteiger partial charge >= 0.3 is 0 Å². The van der Waals surface area contributed by atoms with Gasteiger partial charge in [-0.2, -0.15) is 5.26 Å². The molecule has 2 rings (SSSR count). The van der Waals surface area contributed by atoms with Crippen LogP contribution in [0, 0.1) is 11.3 Å². The third-order valence-corrected chi connectivity index (χ3v) is 3.61. The van der Waals surface area contributed by atoms with Crippen molar-refractivity contribution in [2.45, 2.75) is 37.2 Å². The van der Waals surface area contributed by atoms with Crippen LogP contribution < -0.4 is 0 Å². The lowest BCUT2D eigenvalue weighted by molar-refractivity contribution is -0.00974. The van der Waals surface area contributed by atoms with Gasteiger partial charge in [0.25, 0.3) is 0 Å². The molecule has 1 saturated carbocycles. The molecule has 0 bridgehead atoms. The molecule has 1 fully saturated rings. The van der Waals surface area contributed by atoms with Gasteiger partial charge in [0.1, 0.15) is 0 Å². The van der Waals surface area contributed by atoms with Crippen molar-refractivity contribution in [3.05, 3.63) is 35.9 Å². The minimum absolute atomic E-state index is 0.220. The summed E-state index contributed by atoms with van der Waals surface area (Å²) in [5.74, 6) is 0.220. The van der Waals surface area contributed by atoms with E-state index in [1.54, 1.807) is 7.11 Å². The SMILES string of the molecule is COC1(C#N)CCCCC1c1ccccc1. The summed E-state index contributed by atoms with van der Waals surface area (Å²) in [5, 5.41) is 9.40. The average molecular weight is 215 g/mol. The van der Waals surface area contributed by atoms with E-state index in [4.69, 9.17) is 4.74 Å². The Kier molecular flexibility index (Phi) is 3.26. The van der Waals surface area contributed by atoms with Crippen LogP contribution in [0.1, 0.15) is 37.2 Å². The highest BCUT2D eigenvalue weighted by atomic mass is 16.5. The number of hydrogen-bond acceptors (Lipinski definition) is 2. The summed E-state index contributed by atoms with van der Waals surface area (Å²) in [6.45, 7) is 0. The van der Waals surface area contributed by atoms with Crippen molar-refractivity contribution in [1.29, 1.82) is 5.26 Å². The van der Waals surface area contributed by atoms with E-state index in [-0.39, 0.29) is 5.92 Å². The van der Waals surface area contributed by atoms with E-state index in [0.717, 1.165) is 19.3 Å². The fourth-order valence-electron chi connectivity index (χ4n) is 2.69. The Hall–Kier alpha value is -1.33. The highest BCUT2D eigenvalue weighted by Crippen LogP contribution is 2.42. The van der Waals surface area contributed by atoms with Gasteiger partial charge in [-0.3, -0.25) is 0 Å². The summed E-state index contributed by atoms with van der Waals surface area (Å²) in [7, 11) is 1.66. The first-order valence-corrected chi connectivity index (χ1v) is 5.84. The molecule has 2 unspecified atom stereocenters. The fraction of sp³-hybridized carbons (Fsp3) is 0.500. The first-order valence-electron chi connectivity index (χ1n) is 5.84. The highest BCUT2D eigenvalue weighted by molar-refractivity contribution is 5.28. The summed E-state index contributed by atoms with van der Waals surface area (Å²) < 4.78 is 5.53. The van der Waals surface area contributed by atoms with Crippen LogP contribution in [-0.2, 0) is 4.74 Å². The molecule has 0 aliphatic heterocycles. The number of rotatable bonds is 2. The Morgan fingerprint density at radius 2 is 2.06 bits per heavy atom. The van der Waals surface area contributed by atoms with Gasteiger partial charge in [-0.15, -0.1) is 0 Å². The Morgan fingerprint density at radius 1 is 1.31 bits per heavy atom. The van der Waals surface area contributed by atoms with Crippen LogP contribution in [0.4, 0.5) is 0 Å². The lowest BCUT2D eigenvalue weighted by Crippen LogP contribution is -2.39. The highest BCUT2D eigenvalue weighted by Gasteiger charge is 2.42. The molecule has 1 aromatic rings. The third kappa shape index (κ3) is 1.83. The number of benzene rings is 1. The first kappa shape index (κ1) is 11.2. The fourth-order valence-corrected chi connectivity index (χ4v) is 2.69. The van der Waals surface area contributed by atoms with Crippen LogP contribution in [-0.4, -0.2) is 12.7 Å². The maximum absolute atomic E-state index is 9.40. The van der Waals surface area contributed by atoms with Gasteiger partial charge in [0.05, 0.1) is 6.07 Å². The van der Waals surface area contributed by atoms with Crippen LogP contribution in [0.25, 0.3) is 0 Å². The van der Waals surface area contributed by atoms with Gasteiger partial charge in [0.15, 0.2) is 5.60 Å². The Labute approximate surface area is 96.9 Å². The predicted octanol–water partition coefficient (Wildman–Crippen LogP) is 3.25. The van der Waals surface area contributed by atoms with E-state index < -0.39 is 5.60 Å². The molecule has 2 atom stereocenters. The molecule has 0 amide bonds. The average Bonchev–Trinajstić information content (AvgIpc) is 2.39. The number of ether oxygens (including phenoxy) is 1. The van der Waals surface area contributed by atoms with Crippen molar-refractivity contribution >= 4 is 0 Å². The summed E-state index contributed by atoms with van der Waals surface area (Å²) in [6.07, 6.45) is 4.17. The van der Waals surface area contributed by atoms with E-state index in [2.05, 4.69) is 18.2 Å². The zero-order valence-electron chi connectivity index (χ0n) is 9.65. The van der Waals surface area contributed by atoms with E-state index >= 15 is 0 Å². The van der Waals surface area contributed by atoms with E-state index in [1.165, 1.54) is 12.0 Å². The molecular formula is C14H17NO. The zero-order valence-corrected chi connectivity index (χ0v) is 9.65. The van der Waals surface area contributed by atoms with Crippen molar-refractivity contribution in [2.24, 2.45) is 0 Å². The monoisotopic (exact) mass is 215 g/mol. The van der Waals surface area contributed by atoms with Crippen LogP contribution in [0.2, 0.25) is 0 Å². The lowest BCUT2D eigenvalue weighted by Gasteiger charge is -2.37. The normalized spacial score (nSPS) is 29.6. The smallest absolute Gasteiger partial charge is 0.160 e. The number of nitriles is 1. The quantitative estimate of drug-likeness (QED) is 0.758. The number of methoxy groups -OCH3 is 1. The molecular weight excluding hydrogens is 198 g/mol. The van der Waals surface area contributed by atoms with Crippen molar-refractivity contribution in [2.75, 3.05) is 7.11 Å². The van der Waals surface area contributed by atoms with E-state index in [9.17, 15) is 5.26 Å². The van der Waals surface area contributed by atoms with Crippen molar-refractivity contribution in [3.8, 4) is 6.07 Å². The third-order valence-electron chi connectivity index (χ3n) is 3.61. The Morgan fingerprint density at radius 3 is 2.69 bits per heavy atom. The molecule has 2 nitrogen and oxygen atoms in total. The van der Waals surface area contributed by atoms with Crippen LogP contribution in [0.5, 0.6) is 0 Å². The molecule has 0 aromatic heterocycles. The summed E-state index contributed by atoms with van der Waals surface area (Å²) in [5.41, 5.74) is 0.616. The van der Waals surface area contributed by atoms with Crippen molar-refractivity contribution in [1.82, 2.24) is 0 Å². The zero-order chi connectivity index (χ0) is 11.4. The Bertz CT molecular complexity index is 381. The topological polar surface area (TPSA) is 33.0 Å². The molecule has 1 aliphatic rings. The largest absolute Gasteiger partial charge is 0.363 e. The van der Waals surface area contributed by atoms with E-state index in [1.807, 2.05) is 18.2 Å². The summed E-state index contributed by atoms with van der Waals surface area (Å²) >= 11 is 0. The first-order chi connectivity index (χ1) is 7.82. The van der Waals surface area contributed by atoms with Crippen LogP contribution >= 0.6 is 0 Å². The maximum Gasteiger partial charge on any atom is 0.160 e. The van der Waals surface area contributed by atoms with Gasteiger partial charge in [0.2, 0.25) is 0 Å². The van der Waals surface area contributed by atoms with Gasteiger partial charge in [-0.05, 0) is 24.8 Å². The molecule has 1 aromatic carbocycles. The molecule has 0 saturated heterocycles. The summed E-state index contributed by atoms with van der Waals surface area (Å²) in [6, 6.07) is 12.7. The minimum Gasteiger partial charge on any atom is -0.363 e. The number of nitrogens with zero attached hydrogens (tertiary/aromatic N) is 1. The molecule has 0 radical (unpaired) electrons. The second kappa shape index (κ2) is 4.67. The lowest BCUT2D eigenvalue weighted by atomic mass is 9.72. The standard InChI is InChI=1S/C14H17NO/c1-16-14(11-15)10-6-5-9-13(14)12-7-3-2-4-8-12/h2-4,7-8,13H,5-6,9-10H2,1H3. The van der Waals surface area contributed by atoms with Crippen molar-refractivity contribution < 1.29 is 4.74 Å². The Balaban J connectivity index is 2.34. The second-order valence-corrected chi connectivity index (χ2v) is 4.41. The predicted molar refractivity (Wildman–Crippen MR) is 63.0 cm³/mol. The van der Waals surface area contributed by atoms with Gasteiger partial charge < -0.3 is 4.74 Å². The molecule has 84 valence electrons. The minimum atomic E-state index is -0.612. The summed E-state index contributed by atoms with van der Waals surface area (Å²) in [4.78, 5) is 0. The second-order valence-electron chi connectivity index (χ2n) is 4.41. The molecule has 1 aliphatic carbocycles. The van der Waals surface area contributed by atoms with Gasteiger partial charge in [-0.25, -0.2) is 0 Å². The molecule has 16 heavy (non-hydrogen) atoms. The van der Waals surface area contributed by atoms with Crippen LogP contribution in [0.3, 0.4) is 0 Å². The number of hydrogen-bond donors (Lipinski definition) is 0. The molecule has 0 N–H and O–H groups in total. The maximum atomic E-state index is 9.40. The van der Waals surface area contributed by atoms with E-state index in [0.29, 0.717) is 0 Å². The van der Waals surface area contributed by atoms with Crippen LogP contribution in [0.15, 0.2) is 30.3 Å². The van der Waals surface area contributed by atoms with Gasteiger partial charge in [-0.1, -0.05) is 36.8 Å². The molecule has 0 spiro atoms.